The second-order valence-electron chi connectivity index (χ2n) is 8.49. The summed E-state index contributed by atoms with van der Waals surface area (Å²) in [4.78, 5) is 25.3. The maximum absolute atomic E-state index is 12.7. The monoisotopic (exact) mass is 541 g/mol. The minimum absolute atomic E-state index is 0.159. The fraction of sp³-hybridized carbons (Fsp3) is 0.250. The van der Waals surface area contributed by atoms with Gasteiger partial charge in [-0.3, -0.25) is 9.59 Å². The molecule has 0 spiro atoms. The molecule has 2 amide bonds. The zero-order valence-corrected chi connectivity index (χ0v) is 22.3. The molecule has 0 aromatic heterocycles. The van der Waals surface area contributed by atoms with E-state index >= 15 is 0 Å². The van der Waals surface area contributed by atoms with Crippen molar-refractivity contribution in [2.24, 2.45) is 11.0 Å². The molecule has 0 radical (unpaired) electrons. The SMILES string of the molecule is CCOc1cc(/C=N\NC(=O)C(NC(=O)c2ccc(Cl)cc2)C(C)C)ccc1OCc1ccc(Cl)cc1. The molecular weight excluding hydrogens is 513 g/mol. The Morgan fingerprint density at radius 2 is 1.57 bits per heavy atom. The number of nitrogens with zero attached hydrogens (tertiary/aromatic N) is 1. The summed E-state index contributed by atoms with van der Waals surface area (Å²) >= 11 is 11.8. The van der Waals surface area contributed by atoms with Gasteiger partial charge in [-0.25, -0.2) is 5.43 Å². The Kier molecular flexibility index (Phi) is 10.4. The molecule has 3 aromatic carbocycles. The minimum atomic E-state index is -0.775. The van der Waals surface area contributed by atoms with E-state index in [2.05, 4.69) is 15.8 Å². The summed E-state index contributed by atoms with van der Waals surface area (Å²) in [6.07, 6.45) is 1.50. The highest BCUT2D eigenvalue weighted by atomic mass is 35.5. The molecule has 0 saturated heterocycles. The number of ether oxygens (including phenoxy) is 2. The summed E-state index contributed by atoms with van der Waals surface area (Å²) in [5.41, 5.74) is 4.60. The Morgan fingerprint density at radius 3 is 2.19 bits per heavy atom. The van der Waals surface area contributed by atoms with Gasteiger partial charge in [0.25, 0.3) is 11.8 Å². The molecule has 0 aliphatic carbocycles. The third-order valence-corrected chi connectivity index (χ3v) is 5.81. The van der Waals surface area contributed by atoms with Crippen molar-refractivity contribution in [3.05, 3.63) is 93.5 Å². The number of hydrogen-bond donors (Lipinski definition) is 2. The summed E-state index contributed by atoms with van der Waals surface area (Å²) in [5, 5.41) is 8.01. The number of rotatable bonds is 11. The highest BCUT2D eigenvalue weighted by Crippen LogP contribution is 2.29. The second-order valence-corrected chi connectivity index (χ2v) is 9.36. The van der Waals surface area contributed by atoms with Crippen LogP contribution in [0.4, 0.5) is 0 Å². The normalized spacial score (nSPS) is 11.8. The highest BCUT2D eigenvalue weighted by molar-refractivity contribution is 6.30. The highest BCUT2D eigenvalue weighted by Gasteiger charge is 2.24. The standard InChI is InChI=1S/C28H29Cl2N3O4/c1-4-36-25-15-20(7-14-24(25)37-17-19-5-10-22(29)11-6-19)16-31-33-28(35)26(18(2)3)32-27(34)21-8-12-23(30)13-9-21/h5-16,18,26H,4,17H2,1-3H3,(H,32,34)(H,33,35)/b31-16-. The van der Waals surface area contributed by atoms with E-state index in [0.29, 0.717) is 45.9 Å². The Hall–Kier alpha value is -3.55. The largest absolute Gasteiger partial charge is 0.490 e. The van der Waals surface area contributed by atoms with E-state index in [1.54, 1.807) is 42.5 Å². The van der Waals surface area contributed by atoms with Crippen LogP contribution in [0.5, 0.6) is 11.5 Å². The lowest BCUT2D eigenvalue weighted by Gasteiger charge is -2.20. The third kappa shape index (κ3) is 8.51. The van der Waals surface area contributed by atoms with Crippen LogP contribution in [0.1, 0.15) is 42.3 Å². The number of amides is 2. The Bertz CT molecular complexity index is 1230. The van der Waals surface area contributed by atoms with Gasteiger partial charge in [0.05, 0.1) is 12.8 Å². The number of carbonyl (C=O) groups is 2. The maximum atomic E-state index is 12.7. The molecule has 0 fully saturated rings. The number of nitrogens with one attached hydrogen (secondary N) is 2. The second kappa shape index (κ2) is 13.7. The average molecular weight is 542 g/mol. The van der Waals surface area contributed by atoms with Crippen LogP contribution < -0.4 is 20.2 Å². The van der Waals surface area contributed by atoms with Gasteiger partial charge in [-0.15, -0.1) is 0 Å². The van der Waals surface area contributed by atoms with E-state index in [9.17, 15) is 9.59 Å². The van der Waals surface area contributed by atoms with Gasteiger partial charge in [-0.1, -0.05) is 49.2 Å². The van der Waals surface area contributed by atoms with Crippen molar-refractivity contribution in [2.45, 2.75) is 33.4 Å². The van der Waals surface area contributed by atoms with Crippen LogP contribution in [0.25, 0.3) is 0 Å². The number of halogens is 2. The fourth-order valence-corrected chi connectivity index (χ4v) is 3.59. The fourth-order valence-electron chi connectivity index (χ4n) is 3.33. The number of hydrazone groups is 1. The average Bonchev–Trinajstić information content (AvgIpc) is 2.88. The first kappa shape index (κ1) is 28.0. The van der Waals surface area contributed by atoms with Gasteiger partial charge in [0.2, 0.25) is 0 Å². The van der Waals surface area contributed by atoms with Crippen molar-refractivity contribution < 1.29 is 19.1 Å². The van der Waals surface area contributed by atoms with E-state index in [4.69, 9.17) is 32.7 Å². The molecule has 3 rings (SSSR count). The Morgan fingerprint density at radius 1 is 0.919 bits per heavy atom. The van der Waals surface area contributed by atoms with Gasteiger partial charge in [-0.05, 0) is 78.6 Å². The van der Waals surface area contributed by atoms with Crippen LogP contribution in [-0.2, 0) is 11.4 Å². The van der Waals surface area contributed by atoms with Gasteiger partial charge in [0.1, 0.15) is 12.6 Å². The van der Waals surface area contributed by atoms with Gasteiger partial charge >= 0.3 is 0 Å². The summed E-state index contributed by atoms with van der Waals surface area (Å²) in [5.74, 6) is 0.185. The van der Waals surface area contributed by atoms with Crippen molar-refractivity contribution in [1.82, 2.24) is 10.7 Å². The van der Waals surface area contributed by atoms with Gasteiger partial charge in [0, 0.05) is 15.6 Å². The molecule has 9 heteroatoms. The molecule has 194 valence electrons. The van der Waals surface area contributed by atoms with Gasteiger partial charge in [-0.2, -0.15) is 5.10 Å². The summed E-state index contributed by atoms with van der Waals surface area (Å²) in [6, 6.07) is 18.4. The molecule has 0 aliphatic heterocycles. The summed E-state index contributed by atoms with van der Waals surface area (Å²) in [6.45, 7) is 6.38. The molecule has 1 atom stereocenters. The third-order valence-electron chi connectivity index (χ3n) is 5.31. The van der Waals surface area contributed by atoms with E-state index in [-0.39, 0.29) is 11.8 Å². The van der Waals surface area contributed by atoms with Crippen LogP contribution >= 0.6 is 23.2 Å². The topological polar surface area (TPSA) is 89.0 Å². The quantitative estimate of drug-likeness (QED) is 0.234. The zero-order valence-electron chi connectivity index (χ0n) is 20.8. The van der Waals surface area contributed by atoms with Crippen molar-refractivity contribution in [2.75, 3.05) is 6.61 Å². The molecule has 1 unspecified atom stereocenters. The molecule has 0 aliphatic rings. The Labute approximate surface area is 226 Å². The predicted molar refractivity (Wildman–Crippen MR) is 147 cm³/mol. The molecule has 2 N–H and O–H groups in total. The van der Waals surface area contributed by atoms with E-state index in [1.807, 2.05) is 45.0 Å². The van der Waals surface area contributed by atoms with Crippen LogP contribution in [0.15, 0.2) is 71.8 Å². The van der Waals surface area contributed by atoms with Gasteiger partial charge < -0.3 is 14.8 Å². The minimum Gasteiger partial charge on any atom is -0.490 e. The smallest absolute Gasteiger partial charge is 0.262 e. The molecular formula is C28H29Cl2N3O4. The molecule has 7 nitrogen and oxygen atoms in total. The Balaban J connectivity index is 1.62. The first-order valence-electron chi connectivity index (χ1n) is 11.8. The molecule has 0 heterocycles. The van der Waals surface area contributed by atoms with E-state index in [1.165, 1.54) is 6.21 Å². The molecule has 3 aromatic rings. The lowest BCUT2D eigenvalue weighted by atomic mass is 10.0. The van der Waals surface area contributed by atoms with Crippen LogP contribution in [0.2, 0.25) is 10.0 Å². The lowest BCUT2D eigenvalue weighted by molar-refractivity contribution is -0.123. The molecule has 0 saturated carbocycles. The predicted octanol–water partition coefficient (Wildman–Crippen LogP) is 5.88. The van der Waals surface area contributed by atoms with E-state index in [0.717, 1.165) is 5.56 Å². The van der Waals surface area contributed by atoms with Crippen LogP contribution in [0.3, 0.4) is 0 Å². The zero-order chi connectivity index (χ0) is 26.8. The summed E-state index contributed by atoms with van der Waals surface area (Å²) in [7, 11) is 0. The first-order valence-corrected chi connectivity index (χ1v) is 12.6. The van der Waals surface area contributed by atoms with Crippen molar-refractivity contribution in [3.8, 4) is 11.5 Å². The first-order chi connectivity index (χ1) is 17.8. The number of benzene rings is 3. The number of hydrogen-bond acceptors (Lipinski definition) is 5. The lowest BCUT2D eigenvalue weighted by Crippen LogP contribution is -2.48. The van der Waals surface area contributed by atoms with E-state index < -0.39 is 11.9 Å². The van der Waals surface area contributed by atoms with Gasteiger partial charge in [0.15, 0.2) is 11.5 Å². The van der Waals surface area contributed by atoms with Crippen molar-refractivity contribution >= 4 is 41.2 Å². The molecule has 0 bridgehead atoms. The van der Waals surface area contributed by atoms with Crippen LogP contribution in [-0.4, -0.2) is 30.7 Å². The maximum Gasteiger partial charge on any atom is 0.262 e. The molecule has 37 heavy (non-hydrogen) atoms. The van der Waals surface area contributed by atoms with Crippen molar-refractivity contribution in [1.29, 1.82) is 0 Å². The number of carbonyl (C=O) groups excluding carboxylic acids is 2. The summed E-state index contributed by atoms with van der Waals surface area (Å²) < 4.78 is 11.6. The van der Waals surface area contributed by atoms with Crippen LogP contribution in [0, 0.1) is 5.92 Å². The van der Waals surface area contributed by atoms with Crippen molar-refractivity contribution in [3.63, 3.8) is 0 Å².